The Morgan fingerprint density at radius 3 is 2.15 bits per heavy atom. The normalized spacial score (nSPS) is 13.1. The molecule has 1 aliphatic rings. The molecular formula is C47H32FN3S. The standard InChI is InChI=1S/C47H32FN3S/c1-3-33-34(4-2)46-44(36-17-9-8-16-35(33)36)38-24-23-30(29-21-22-31-25-32-15-12-20-42(52-48)43(32)39(31)26-29)27-41(38)51(46)47-49-40-19-11-10-18-37(40)45(50-47)28-13-6-5-7-14-28/h3-24,26-27H,25H2,1-2H3/b33-3+,34-4+. The van der Waals surface area contributed by atoms with E-state index in [2.05, 4.69) is 140 Å². The Morgan fingerprint density at radius 1 is 0.615 bits per heavy atom. The molecule has 9 aromatic rings. The molecule has 248 valence electrons. The first kappa shape index (κ1) is 30.8. The van der Waals surface area contributed by atoms with Crippen molar-refractivity contribution in [2.45, 2.75) is 25.2 Å². The zero-order valence-electron chi connectivity index (χ0n) is 28.7. The van der Waals surface area contributed by atoms with E-state index in [4.69, 9.17) is 9.97 Å². The SMILES string of the molecule is C/C=c1\c(=C/C)c2c(c3ccccc13)c1ccc(-c3ccc4c(c3)-c3c(cccc3SF)C4)cc1n2-c1nc(-c2ccccc2)c2ccccc2n1. The number of nitrogens with zero attached hydrogens (tertiary/aromatic N) is 3. The van der Waals surface area contributed by atoms with Crippen LogP contribution in [0.25, 0.3) is 95.1 Å². The van der Waals surface area contributed by atoms with Crippen molar-refractivity contribution in [3.8, 4) is 39.5 Å². The molecule has 2 heterocycles. The van der Waals surface area contributed by atoms with Gasteiger partial charge in [-0.25, -0.2) is 9.97 Å². The summed E-state index contributed by atoms with van der Waals surface area (Å²) in [4.78, 5) is 11.4. The lowest BCUT2D eigenvalue weighted by molar-refractivity contribution is 0.934. The van der Waals surface area contributed by atoms with E-state index < -0.39 is 0 Å². The Balaban J connectivity index is 1.33. The lowest BCUT2D eigenvalue weighted by Crippen LogP contribution is -2.27. The number of aromatic nitrogens is 3. The van der Waals surface area contributed by atoms with Crippen LogP contribution in [0.4, 0.5) is 3.89 Å². The third-order valence-electron chi connectivity index (χ3n) is 10.7. The first-order valence-corrected chi connectivity index (χ1v) is 18.4. The van der Waals surface area contributed by atoms with E-state index in [-0.39, 0.29) is 0 Å². The Labute approximate surface area is 304 Å². The fourth-order valence-electron chi connectivity index (χ4n) is 8.44. The molecule has 0 saturated carbocycles. The molecule has 7 aromatic carbocycles. The minimum absolute atomic E-state index is 0.328. The quantitative estimate of drug-likeness (QED) is 0.184. The summed E-state index contributed by atoms with van der Waals surface area (Å²) in [5, 5.41) is 8.09. The van der Waals surface area contributed by atoms with Crippen molar-refractivity contribution in [2.75, 3.05) is 0 Å². The first-order valence-electron chi connectivity index (χ1n) is 17.6. The molecule has 3 nitrogen and oxygen atoms in total. The first-order chi connectivity index (χ1) is 25.7. The fourth-order valence-corrected chi connectivity index (χ4v) is 8.89. The number of rotatable bonds is 4. The van der Waals surface area contributed by atoms with Gasteiger partial charge < -0.3 is 0 Å². The van der Waals surface area contributed by atoms with Gasteiger partial charge in [0.15, 0.2) is 0 Å². The lowest BCUT2D eigenvalue weighted by Gasteiger charge is -2.13. The van der Waals surface area contributed by atoms with E-state index in [1.165, 1.54) is 32.5 Å². The summed E-state index contributed by atoms with van der Waals surface area (Å²) in [5.41, 5.74) is 11.6. The van der Waals surface area contributed by atoms with Gasteiger partial charge in [0.25, 0.3) is 0 Å². The molecule has 2 aromatic heterocycles. The lowest BCUT2D eigenvalue weighted by atomic mass is 9.96. The van der Waals surface area contributed by atoms with Gasteiger partial charge in [-0.15, -0.1) is 0 Å². The number of para-hydroxylation sites is 1. The van der Waals surface area contributed by atoms with Crippen molar-refractivity contribution in [1.29, 1.82) is 0 Å². The molecule has 0 unspecified atom stereocenters. The fraction of sp³-hybridized carbons (Fsp3) is 0.0638. The van der Waals surface area contributed by atoms with Crippen LogP contribution in [0.3, 0.4) is 0 Å². The minimum atomic E-state index is 0.328. The second-order valence-electron chi connectivity index (χ2n) is 13.4. The highest BCUT2D eigenvalue weighted by atomic mass is 32.2. The molecule has 0 bridgehead atoms. The molecule has 0 aliphatic heterocycles. The molecular weight excluding hydrogens is 658 g/mol. The van der Waals surface area contributed by atoms with E-state index in [9.17, 15) is 3.89 Å². The summed E-state index contributed by atoms with van der Waals surface area (Å²) in [6.07, 6.45) is 5.25. The highest BCUT2D eigenvalue weighted by molar-refractivity contribution is 7.94. The zero-order chi connectivity index (χ0) is 34.9. The molecule has 0 radical (unpaired) electrons. The van der Waals surface area contributed by atoms with Crippen molar-refractivity contribution < 1.29 is 3.89 Å². The molecule has 0 spiro atoms. The molecule has 1 aliphatic carbocycles. The monoisotopic (exact) mass is 689 g/mol. The van der Waals surface area contributed by atoms with Gasteiger partial charge in [0.1, 0.15) is 0 Å². The molecule has 10 rings (SSSR count). The van der Waals surface area contributed by atoms with Crippen LogP contribution in [0.15, 0.2) is 138 Å². The highest BCUT2D eigenvalue weighted by Crippen LogP contribution is 2.45. The van der Waals surface area contributed by atoms with E-state index in [0.29, 0.717) is 23.0 Å². The number of halogens is 1. The van der Waals surface area contributed by atoms with Gasteiger partial charge in [0, 0.05) is 37.4 Å². The average Bonchev–Trinajstić information content (AvgIpc) is 3.75. The van der Waals surface area contributed by atoms with Crippen LogP contribution in [0.2, 0.25) is 0 Å². The predicted octanol–water partition coefficient (Wildman–Crippen LogP) is 11.4. The summed E-state index contributed by atoms with van der Waals surface area (Å²) in [6, 6.07) is 46.7. The summed E-state index contributed by atoms with van der Waals surface area (Å²) in [7, 11) is 0. The van der Waals surface area contributed by atoms with Crippen LogP contribution in [0.1, 0.15) is 25.0 Å². The van der Waals surface area contributed by atoms with Crippen molar-refractivity contribution >= 4 is 67.8 Å². The van der Waals surface area contributed by atoms with Crippen molar-refractivity contribution in [1.82, 2.24) is 14.5 Å². The zero-order valence-corrected chi connectivity index (χ0v) is 29.5. The molecule has 0 amide bonds. The number of benzene rings is 7. The van der Waals surface area contributed by atoms with Gasteiger partial charge >= 0.3 is 0 Å². The largest absolute Gasteiger partial charge is 0.277 e. The maximum atomic E-state index is 14.1. The Bertz CT molecular complexity index is 3050. The van der Waals surface area contributed by atoms with E-state index in [1.807, 2.05) is 24.3 Å². The van der Waals surface area contributed by atoms with Crippen molar-refractivity contribution in [2.24, 2.45) is 0 Å². The molecule has 0 N–H and O–H groups in total. The van der Waals surface area contributed by atoms with Crippen LogP contribution < -0.4 is 10.4 Å². The van der Waals surface area contributed by atoms with E-state index in [0.717, 1.165) is 72.5 Å². The van der Waals surface area contributed by atoms with E-state index in [1.54, 1.807) is 0 Å². The summed E-state index contributed by atoms with van der Waals surface area (Å²) in [6.45, 7) is 4.23. The predicted molar refractivity (Wildman–Crippen MR) is 217 cm³/mol. The molecule has 5 heteroatoms. The molecule has 0 fully saturated rings. The van der Waals surface area contributed by atoms with Gasteiger partial charge in [-0.2, -0.15) is 3.89 Å². The Kier molecular flexibility index (Phi) is 7.12. The van der Waals surface area contributed by atoms with Crippen molar-refractivity contribution in [3.63, 3.8) is 0 Å². The third-order valence-corrected chi connectivity index (χ3v) is 11.2. The summed E-state index contributed by atoms with van der Waals surface area (Å²) in [5.74, 6) is 0.627. The Hall–Kier alpha value is -6.04. The summed E-state index contributed by atoms with van der Waals surface area (Å²) >= 11 is 0.328. The van der Waals surface area contributed by atoms with Gasteiger partial charge in [0.2, 0.25) is 5.95 Å². The highest BCUT2D eigenvalue weighted by Gasteiger charge is 2.24. The van der Waals surface area contributed by atoms with Gasteiger partial charge in [-0.3, -0.25) is 4.57 Å². The van der Waals surface area contributed by atoms with Gasteiger partial charge in [-0.05, 0) is 88.3 Å². The number of fused-ring (bicyclic) bond motifs is 9. The van der Waals surface area contributed by atoms with Gasteiger partial charge in [0.05, 0.1) is 34.4 Å². The van der Waals surface area contributed by atoms with E-state index >= 15 is 0 Å². The van der Waals surface area contributed by atoms with Gasteiger partial charge in [-0.1, -0.05) is 121 Å². The maximum Gasteiger partial charge on any atom is 0.235 e. The average molecular weight is 690 g/mol. The number of hydrogen-bond donors (Lipinski definition) is 0. The second kappa shape index (κ2) is 12.0. The number of hydrogen-bond acceptors (Lipinski definition) is 3. The Morgan fingerprint density at radius 2 is 1.35 bits per heavy atom. The van der Waals surface area contributed by atoms with Crippen LogP contribution >= 0.6 is 12.1 Å². The minimum Gasteiger partial charge on any atom is -0.277 e. The third kappa shape index (κ3) is 4.52. The van der Waals surface area contributed by atoms with Crippen LogP contribution in [0.5, 0.6) is 0 Å². The smallest absolute Gasteiger partial charge is 0.235 e. The summed E-state index contributed by atoms with van der Waals surface area (Å²) < 4.78 is 16.4. The van der Waals surface area contributed by atoms with Crippen molar-refractivity contribution in [3.05, 3.63) is 155 Å². The van der Waals surface area contributed by atoms with Crippen LogP contribution in [0, 0.1) is 0 Å². The molecule has 0 saturated heterocycles. The van der Waals surface area contributed by atoms with Crippen LogP contribution in [-0.4, -0.2) is 14.5 Å². The van der Waals surface area contributed by atoms with Crippen LogP contribution in [-0.2, 0) is 6.42 Å². The molecule has 0 atom stereocenters. The topological polar surface area (TPSA) is 30.7 Å². The molecule has 52 heavy (non-hydrogen) atoms. The second-order valence-corrected chi connectivity index (χ2v) is 14.0. The maximum absolute atomic E-state index is 14.1.